The normalized spacial score (nSPS) is 17.0. The number of nitriles is 1. The first-order chi connectivity index (χ1) is 16.5. The lowest BCUT2D eigenvalue weighted by molar-refractivity contribution is -0.132. The standard InChI is InChI=1S/C28H24N2O4/c1-3-16-34-22-14-10-20(11-15-22)26(31)24-25(23-7-5-4-6-18(23)2)30(28(33)27(24)32)21-12-8-19(17-29)9-13-21/h4-15,25,31H,3,16H2,1-2H3/b26-24-. The summed E-state index contributed by atoms with van der Waals surface area (Å²) in [5, 5.41) is 20.4. The highest BCUT2D eigenvalue weighted by Crippen LogP contribution is 2.43. The van der Waals surface area contributed by atoms with E-state index < -0.39 is 17.7 Å². The number of carbonyl (C=O) groups excluding carboxylic acids is 2. The number of benzene rings is 3. The van der Waals surface area contributed by atoms with Crippen molar-refractivity contribution in [1.29, 1.82) is 5.26 Å². The minimum absolute atomic E-state index is 0.0193. The zero-order valence-corrected chi connectivity index (χ0v) is 19.0. The fourth-order valence-corrected chi connectivity index (χ4v) is 4.07. The molecule has 1 amide bonds. The van der Waals surface area contributed by atoms with Gasteiger partial charge in [0.15, 0.2) is 0 Å². The molecule has 1 atom stereocenters. The SMILES string of the molecule is CCCOc1ccc(/C(O)=C2/C(=O)C(=O)N(c3ccc(C#N)cc3)C2c2ccccc2C)cc1. The van der Waals surface area contributed by atoms with Gasteiger partial charge < -0.3 is 9.84 Å². The van der Waals surface area contributed by atoms with Gasteiger partial charge in [0.2, 0.25) is 0 Å². The van der Waals surface area contributed by atoms with E-state index in [0.29, 0.717) is 29.2 Å². The van der Waals surface area contributed by atoms with Crippen LogP contribution in [0.15, 0.2) is 78.4 Å². The van der Waals surface area contributed by atoms with E-state index >= 15 is 0 Å². The van der Waals surface area contributed by atoms with Crippen molar-refractivity contribution in [1.82, 2.24) is 0 Å². The molecule has 1 heterocycles. The first-order valence-electron chi connectivity index (χ1n) is 11.1. The van der Waals surface area contributed by atoms with Gasteiger partial charge in [-0.05, 0) is 73.0 Å². The predicted octanol–water partition coefficient (Wildman–Crippen LogP) is 5.28. The smallest absolute Gasteiger partial charge is 0.300 e. The van der Waals surface area contributed by atoms with Crippen molar-refractivity contribution in [3.05, 3.63) is 101 Å². The summed E-state index contributed by atoms with van der Waals surface area (Å²) in [5.74, 6) is -1.08. The first kappa shape index (κ1) is 22.8. The van der Waals surface area contributed by atoms with E-state index in [4.69, 9.17) is 10.00 Å². The molecule has 1 aliphatic heterocycles. The lowest BCUT2D eigenvalue weighted by Crippen LogP contribution is -2.29. The Bertz CT molecular complexity index is 1300. The summed E-state index contributed by atoms with van der Waals surface area (Å²) < 4.78 is 5.60. The van der Waals surface area contributed by atoms with Gasteiger partial charge in [0.05, 0.1) is 29.9 Å². The number of carbonyl (C=O) groups is 2. The third-order valence-corrected chi connectivity index (χ3v) is 5.80. The van der Waals surface area contributed by atoms with E-state index in [1.807, 2.05) is 38.1 Å². The molecule has 170 valence electrons. The summed E-state index contributed by atoms with van der Waals surface area (Å²) in [4.78, 5) is 27.8. The molecule has 0 aromatic heterocycles. The topological polar surface area (TPSA) is 90.6 Å². The Balaban J connectivity index is 1.86. The summed E-state index contributed by atoms with van der Waals surface area (Å²) in [6.07, 6.45) is 0.872. The van der Waals surface area contributed by atoms with Crippen LogP contribution in [0.25, 0.3) is 5.76 Å². The predicted molar refractivity (Wildman–Crippen MR) is 129 cm³/mol. The van der Waals surface area contributed by atoms with Crippen molar-refractivity contribution in [2.75, 3.05) is 11.5 Å². The largest absolute Gasteiger partial charge is 0.507 e. The van der Waals surface area contributed by atoms with Gasteiger partial charge >= 0.3 is 0 Å². The maximum Gasteiger partial charge on any atom is 0.300 e. The van der Waals surface area contributed by atoms with Gasteiger partial charge in [-0.2, -0.15) is 5.26 Å². The lowest BCUT2D eigenvalue weighted by Gasteiger charge is -2.26. The van der Waals surface area contributed by atoms with Crippen molar-refractivity contribution in [3.8, 4) is 11.8 Å². The number of ketones is 1. The molecule has 6 heteroatoms. The first-order valence-corrected chi connectivity index (χ1v) is 11.1. The molecule has 0 spiro atoms. The van der Waals surface area contributed by atoms with Crippen LogP contribution >= 0.6 is 0 Å². The van der Waals surface area contributed by atoms with Crippen LogP contribution in [0, 0.1) is 18.3 Å². The molecule has 0 radical (unpaired) electrons. The van der Waals surface area contributed by atoms with E-state index in [1.54, 1.807) is 48.5 Å². The maximum absolute atomic E-state index is 13.2. The fourth-order valence-electron chi connectivity index (χ4n) is 4.07. The van der Waals surface area contributed by atoms with Crippen LogP contribution in [0.4, 0.5) is 5.69 Å². The number of aliphatic hydroxyl groups excluding tert-OH is 1. The van der Waals surface area contributed by atoms with Gasteiger partial charge in [0.25, 0.3) is 11.7 Å². The summed E-state index contributed by atoms with van der Waals surface area (Å²) >= 11 is 0. The zero-order valence-electron chi connectivity index (χ0n) is 19.0. The average Bonchev–Trinajstić information content (AvgIpc) is 3.13. The Labute approximate surface area is 198 Å². The van der Waals surface area contributed by atoms with Crippen LogP contribution in [-0.4, -0.2) is 23.4 Å². The Morgan fingerprint density at radius 1 is 1.03 bits per heavy atom. The van der Waals surface area contributed by atoms with Crippen molar-refractivity contribution >= 4 is 23.1 Å². The van der Waals surface area contributed by atoms with Gasteiger partial charge in [-0.25, -0.2) is 0 Å². The van der Waals surface area contributed by atoms with Crippen molar-refractivity contribution in [3.63, 3.8) is 0 Å². The minimum atomic E-state index is -0.815. The molecule has 1 fully saturated rings. The Hall–Kier alpha value is -4.37. The molecule has 34 heavy (non-hydrogen) atoms. The molecule has 3 aromatic carbocycles. The van der Waals surface area contributed by atoms with Crippen molar-refractivity contribution in [2.45, 2.75) is 26.3 Å². The van der Waals surface area contributed by atoms with Gasteiger partial charge in [0.1, 0.15) is 11.5 Å². The monoisotopic (exact) mass is 452 g/mol. The number of ether oxygens (including phenoxy) is 1. The van der Waals surface area contributed by atoms with Crippen molar-refractivity contribution in [2.24, 2.45) is 0 Å². The number of Topliss-reactive ketones (excluding diaryl/α,β-unsaturated/α-hetero) is 1. The summed E-state index contributed by atoms with van der Waals surface area (Å²) in [6, 6.07) is 21.9. The number of nitrogens with zero attached hydrogens (tertiary/aromatic N) is 2. The molecule has 1 N–H and O–H groups in total. The van der Waals surface area contributed by atoms with E-state index in [1.165, 1.54) is 4.90 Å². The highest BCUT2D eigenvalue weighted by molar-refractivity contribution is 6.51. The summed E-state index contributed by atoms with van der Waals surface area (Å²) in [6.45, 7) is 4.49. The van der Waals surface area contributed by atoms with Gasteiger partial charge in [-0.15, -0.1) is 0 Å². The van der Waals surface area contributed by atoms with Crippen LogP contribution in [0.5, 0.6) is 5.75 Å². The van der Waals surface area contributed by atoms with E-state index in [9.17, 15) is 14.7 Å². The van der Waals surface area contributed by atoms with Crippen LogP contribution in [-0.2, 0) is 9.59 Å². The molecule has 3 aromatic rings. The fraction of sp³-hybridized carbons (Fsp3) is 0.179. The number of hydrogen-bond acceptors (Lipinski definition) is 5. The maximum atomic E-state index is 13.2. The second-order valence-corrected chi connectivity index (χ2v) is 8.06. The lowest BCUT2D eigenvalue weighted by atomic mass is 9.92. The number of hydrogen-bond donors (Lipinski definition) is 1. The number of aryl methyl sites for hydroxylation is 1. The molecular weight excluding hydrogens is 428 g/mol. The highest BCUT2D eigenvalue weighted by Gasteiger charge is 2.47. The number of anilines is 1. The van der Waals surface area contributed by atoms with Crippen LogP contribution in [0.2, 0.25) is 0 Å². The molecular formula is C28H24N2O4. The Morgan fingerprint density at radius 2 is 1.71 bits per heavy atom. The number of aliphatic hydroxyl groups is 1. The van der Waals surface area contributed by atoms with Crippen LogP contribution in [0.1, 0.15) is 41.6 Å². The van der Waals surface area contributed by atoms with Crippen LogP contribution < -0.4 is 9.64 Å². The third-order valence-electron chi connectivity index (χ3n) is 5.80. The quantitative estimate of drug-likeness (QED) is 0.312. The van der Waals surface area contributed by atoms with E-state index in [0.717, 1.165) is 17.5 Å². The number of rotatable bonds is 6. The molecule has 0 saturated carbocycles. The molecule has 4 rings (SSSR count). The van der Waals surface area contributed by atoms with Crippen LogP contribution in [0.3, 0.4) is 0 Å². The minimum Gasteiger partial charge on any atom is -0.507 e. The number of amides is 1. The molecule has 1 unspecified atom stereocenters. The average molecular weight is 453 g/mol. The molecule has 6 nitrogen and oxygen atoms in total. The molecule has 0 bridgehead atoms. The van der Waals surface area contributed by atoms with Gasteiger partial charge in [0, 0.05) is 11.3 Å². The Kier molecular flexibility index (Phi) is 6.46. The van der Waals surface area contributed by atoms with E-state index in [-0.39, 0.29) is 11.3 Å². The summed E-state index contributed by atoms with van der Waals surface area (Å²) in [5.41, 5.74) is 2.96. The van der Waals surface area contributed by atoms with E-state index in [2.05, 4.69) is 6.07 Å². The second kappa shape index (κ2) is 9.63. The second-order valence-electron chi connectivity index (χ2n) is 8.06. The summed E-state index contributed by atoms with van der Waals surface area (Å²) in [7, 11) is 0. The van der Waals surface area contributed by atoms with Gasteiger partial charge in [-0.1, -0.05) is 31.2 Å². The highest BCUT2D eigenvalue weighted by atomic mass is 16.5. The Morgan fingerprint density at radius 3 is 2.32 bits per heavy atom. The molecule has 0 aliphatic carbocycles. The molecule has 1 saturated heterocycles. The molecule has 1 aliphatic rings. The zero-order chi connectivity index (χ0) is 24.2. The van der Waals surface area contributed by atoms with Gasteiger partial charge in [-0.3, -0.25) is 14.5 Å². The third kappa shape index (κ3) is 4.16. The van der Waals surface area contributed by atoms with Crippen molar-refractivity contribution < 1.29 is 19.4 Å².